The van der Waals surface area contributed by atoms with Gasteiger partial charge in [-0.3, -0.25) is 4.79 Å². The molecule has 114 valence electrons. The zero-order valence-corrected chi connectivity index (χ0v) is 13.9. The topological polar surface area (TPSA) is 20.3 Å². The molecule has 2 nitrogen and oxygen atoms in total. The second kappa shape index (κ2) is 8.28. The molecule has 0 atom stereocenters. The van der Waals surface area contributed by atoms with Crippen molar-refractivity contribution >= 4 is 5.91 Å². The first-order valence-electron chi connectivity index (χ1n) is 7.98. The van der Waals surface area contributed by atoms with Crippen LogP contribution in [0.2, 0.25) is 0 Å². The number of allylic oxidation sites excluding steroid dienone is 3. The lowest BCUT2D eigenvalue weighted by molar-refractivity contribution is -0.134. The Balaban J connectivity index is 2.46. The average Bonchev–Trinajstić information content (AvgIpc) is 3.16. The highest BCUT2D eigenvalue weighted by molar-refractivity contribution is 5.78. The standard InChI is InChI=1S/C18H31NO/c1-14(2)7-6-8-16(5)11-12-19(13-17-9-10-17)18(20)15(3)4/h7,11,15,17H,6,8-10,12-13H2,1-5H3/b16-11-. The number of amides is 1. The predicted octanol–water partition coefficient (Wildman–Crippen LogP) is 4.57. The Labute approximate surface area is 124 Å². The molecule has 0 aliphatic heterocycles. The minimum absolute atomic E-state index is 0.105. The number of hydrogen-bond donors (Lipinski definition) is 0. The predicted molar refractivity (Wildman–Crippen MR) is 86.6 cm³/mol. The second-order valence-corrected chi connectivity index (χ2v) is 6.71. The van der Waals surface area contributed by atoms with E-state index in [1.165, 1.54) is 24.0 Å². The van der Waals surface area contributed by atoms with Gasteiger partial charge in [0.15, 0.2) is 0 Å². The van der Waals surface area contributed by atoms with Crippen molar-refractivity contribution in [1.29, 1.82) is 0 Å². The van der Waals surface area contributed by atoms with Gasteiger partial charge in [0.1, 0.15) is 0 Å². The summed E-state index contributed by atoms with van der Waals surface area (Å²) in [5, 5.41) is 0. The van der Waals surface area contributed by atoms with Crippen LogP contribution in [0.3, 0.4) is 0 Å². The first-order valence-corrected chi connectivity index (χ1v) is 7.98. The van der Waals surface area contributed by atoms with E-state index < -0.39 is 0 Å². The SMILES string of the molecule is CC(C)=CCC/C(C)=C\CN(CC1CC1)C(=O)C(C)C. The highest BCUT2D eigenvalue weighted by Gasteiger charge is 2.27. The van der Waals surface area contributed by atoms with Crippen LogP contribution in [-0.4, -0.2) is 23.9 Å². The summed E-state index contributed by atoms with van der Waals surface area (Å²) >= 11 is 0. The van der Waals surface area contributed by atoms with Crippen molar-refractivity contribution in [1.82, 2.24) is 4.90 Å². The van der Waals surface area contributed by atoms with Gasteiger partial charge < -0.3 is 4.90 Å². The molecule has 0 aromatic carbocycles. The highest BCUT2D eigenvalue weighted by Crippen LogP contribution is 2.30. The fraction of sp³-hybridized carbons (Fsp3) is 0.722. The fourth-order valence-electron chi connectivity index (χ4n) is 2.19. The highest BCUT2D eigenvalue weighted by atomic mass is 16.2. The van der Waals surface area contributed by atoms with Crippen molar-refractivity contribution in [2.45, 2.75) is 60.3 Å². The summed E-state index contributed by atoms with van der Waals surface area (Å²) < 4.78 is 0. The van der Waals surface area contributed by atoms with Crippen LogP contribution in [0.1, 0.15) is 60.3 Å². The maximum absolute atomic E-state index is 12.2. The zero-order valence-electron chi connectivity index (χ0n) is 13.9. The summed E-state index contributed by atoms with van der Waals surface area (Å²) in [5.41, 5.74) is 2.77. The molecule has 0 radical (unpaired) electrons. The van der Waals surface area contributed by atoms with E-state index in [4.69, 9.17) is 0 Å². The molecule has 1 saturated carbocycles. The molecule has 1 fully saturated rings. The van der Waals surface area contributed by atoms with Gasteiger partial charge in [-0.05, 0) is 52.4 Å². The monoisotopic (exact) mass is 277 g/mol. The van der Waals surface area contributed by atoms with E-state index >= 15 is 0 Å². The van der Waals surface area contributed by atoms with Gasteiger partial charge in [0.25, 0.3) is 0 Å². The minimum atomic E-state index is 0.105. The Kier molecular flexibility index (Phi) is 7.04. The molecule has 0 unspecified atom stereocenters. The smallest absolute Gasteiger partial charge is 0.225 e. The lowest BCUT2D eigenvalue weighted by atomic mass is 10.1. The first kappa shape index (κ1) is 17.0. The Morgan fingerprint density at radius 3 is 2.35 bits per heavy atom. The third-order valence-electron chi connectivity index (χ3n) is 3.73. The maximum Gasteiger partial charge on any atom is 0.225 e. The molecule has 0 bridgehead atoms. The third kappa shape index (κ3) is 6.93. The van der Waals surface area contributed by atoms with Crippen LogP contribution in [0.4, 0.5) is 0 Å². The largest absolute Gasteiger partial charge is 0.338 e. The van der Waals surface area contributed by atoms with Crippen molar-refractivity contribution in [3.63, 3.8) is 0 Å². The Morgan fingerprint density at radius 1 is 1.20 bits per heavy atom. The van der Waals surface area contributed by atoms with Crippen LogP contribution >= 0.6 is 0 Å². The third-order valence-corrected chi connectivity index (χ3v) is 3.73. The van der Waals surface area contributed by atoms with Crippen LogP contribution in [0.5, 0.6) is 0 Å². The van der Waals surface area contributed by atoms with Crippen molar-refractivity contribution in [3.05, 3.63) is 23.3 Å². The summed E-state index contributed by atoms with van der Waals surface area (Å²) in [6.45, 7) is 12.2. The summed E-state index contributed by atoms with van der Waals surface area (Å²) in [6, 6.07) is 0. The Bertz CT molecular complexity index is 371. The summed E-state index contributed by atoms with van der Waals surface area (Å²) in [5.74, 6) is 1.16. The summed E-state index contributed by atoms with van der Waals surface area (Å²) in [7, 11) is 0. The van der Waals surface area contributed by atoms with Crippen molar-refractivity contribution < 1.29 is 4.79 Å². The van der Waals surface area contributed by atoms with E-state index in [9.17, 15) is 4.79 Å². The van der Waals surface area contributed by atoms with Gasteiger partial charge in [0, 0.05) is 19.0 Å². The molecular formula is C18H31NO. The lowest BCUT2D eigenvalue weighted by Gasteiger charge is -2.23. The average molecular weight is 277 g/mol. The van der Waals surface area contributed by atoms with Crippen molar-refractivity contribution in [2.75, 3.05) is 13.1 Å². The van der Waals surface area contributed by atoms with Gasteiger partial charge >= 0.3 is 0 Å². The first-order chi connectivity index (χ1) is 9.40. The molecule has 0 heterocycles. The molecule has 0 N–H and O–H groups in total. The summed E-state index contributed by atoms with van der Waals surface area (Å²) in [4.78, 5) is 14.3. The molecule has 1 aliphatic rings. The van der Waals surface area contributed by atoms with Crippen LogP contribution in [0.25, 0.3) is 0 Å². The van der Waals surface area contributed by atoms with Gasteiger partial charge in [0.2, 0.25) is 5.91 Å². The molecule has 1 amide bonds. The van der Waals surface area contributed by atoms with E-state index in [1.807, 2.05) is 18.7 Å². The minimum Gasteiger partial charge on any atom is -0.338 e. The quantitative estimate of drug-likeness (QED) is 0.595. The van der Waals surface area contributed by atoms with Crippen LogP contribution in [0, 0.1) is 11.8 Å². The zero-order chi connectivity index (χ0) is 15.1. The summed E-state index contributed by atoms with van der Waals surface area (Å²) in [6.07, 6.45) is 9.31. The number of nitrogens with zero attached hydrogens (tertiary/aromatic N) is 1. The van der Waals surface area contributed by atoms with E-state index in [0.29, 0.717) is 5.91 Å². The van der Waals surface area contributed by atoms with Crippen molar-refractivity contribution in [3.8, 4) is 0 Å². The second-order valence-electron chi connectivity index (χ2n) is 6.71. The normalized spacial score (nSPS) is 15.4. The van der Waals surface area contributed by atoms with E-state index in [1.54, 1.807) is 0 Å². The maximum atomic E-state index is 12.2. The number of rotatable bonds is 8. The fourth-order valence-corrected chi connectivity index (χ4v) is 2.19. The molecule has 20 heavy (non-hydrogen) atoms. The van der Waals surface area contributed by atoms with Gasteiger partial charge in [-0.15, -0.1) is 0 Å². The molecule has 2 heteroatoms. The molecule has 0 spiro atoms. The molecule has 1 rings (SSSR count). The molecule has 0 saturated heterocycles. The molecular weight excluding hydrogens is 246 g/mol. The van der Waals surface area contributed by atoms with Crippen molar-refractivity contribution in [2.24, 2.45) is 11.8 Å². The van der Waals surface area contributed by atoms with E-state index in [-0.39, 0.29) is 5.92 Å². The number of carbonyl (C=O) groups excluding carboxylic acids is 1. The molecule has 1 aliphatic carbocycles. The Hall–Kier alpha value is -1.05. The van der Waals surface area contributed by atoms with Gasteiger partial charge in [0.05, 0.1) is 0 Å². The van der Waals surface area contributed by atoms with E-state index in [0.717, 1.165) is 31.8 Å². The van der Waals surface area contributed by atoms with Crippen LogP contribution in [0.15, 0.2) is 23.3 Å². The molecule has 0 aromatic rings. The van der Waals surface area contributed by atoms with Gasteiger partial charge in [-0.2, -0.15) is 0 Å². The lowest BCUT2D eigenvalue weighted by Crippen LogP contribution is -2.36. The Morgan fingerprint density at radius 2 is 1.85 bits per heavy atom. The van der Waals surface area contributed by atoms with Crippen LogP contribution < -0.4 is 0 Å². The van der Waals surface area contributed by atoms with E-state index in [2.05, 4.69) is 32.9 Å². The van der Waals surface area contributed by atoms with Crippen LogP contribution in [-0.2, 0) is 4.79 Å². The molecule has 0 aromatic heterocycles. The van der Waals surface area contributed by atoms with Gasteiger partial charge in [-0.1, -0.05) is 37.1 Å². The number of carbonyl (C=O) groups is 1. The van der Waals surface area contributed by atoms with Gasteiger partial charge in [-0.25, -0.2) is 0 Å². The number of hydrogen-bond acceptors (Lipinski definition) is 1.